The third-order valence-electron chi connectivity index (χ3n) is 5.38. The molecule has 2 aromatic heterocycles. The van der Waals surface area contributed by atoms with Crippen molar-refractivity contribution in [2.75, 3.05) is 43.6 Å². The van der Waals surface area contributed by atoms with E-state index in [2.05, 4.69) is 30.8 Å². The molecule has 12 nitrogen and oxygen atoms in total. The lowest BCUT2D eigenvalue weighted by molar-refractivity contribution is -0.135. The van der Waals surface area contributed by atoms with Crippen LogP contribution in [0, 0.1) is 0 Å². The van der Waals surface area contributed by atoms with Gasteiger partial charge in [-0.15, -0.1) is 0 Å². The predicted octanol–water partition coefficient (Wildman–Crippen LogP) is 1.73. The number of aromatic amines is 1. The SMILES string of the molecule is CNC(=O)C(=O)Nc1ccc(Oc2nc(-c3cccc4[nH]ncc34)nc(N3CCOCC3)n2)cc1. The molecule has 0 saturated carbocycles. The second-order valence-electron chi connectivity index (χ2n) is 7.64. The molecule has 0 unspecified atom stereocenters. The molecule has 3 heterocycles. The Morgan fingerprint density at radius 2 is 1.83 bits per heavy atom. The molecule has 5 rings (SSSR count). The van der Waals surface area contributed by atoms with Crippen molar-refractivity contribution < 1.29 is 19.1 Å². The van der Waals surface area contributed by atoms with Crippen molar-refractivity contribution >= 4 is 34.4 Å². The Balaban J connectivity index is 1.45. The van der Waals surface area contributed by atoms with Gasteiger partial charge in [-0.2, -0.15) is 20.1 Å². The number of fused-ring (bicyclic) bond motifs is 1. The normalized spacial score (nSPS) is 13.5. The quantitative estimate of drug-likeness (QED) is 0.368. The Labute approximate surface area is 199 Å². The fraction of sp³-hybridized carbons (Fsp3) is 0.217. The van der Waals surface area contributed by atoms with Gasteiger partial charge in [-0.25, -0.2) is 0 Å². The number of carbonyl (C=O) groups is 2. The molecule has 1 fully saturated rings. The van der Waals surface area contributed by atoms with Crippen molar-refractivity contribution in [3.63, 3.8) is 0 Å². The lowest BCUT2D eigenvalue weighted by atomic mass is 10.1. The molecule has 0 atom stereocenters. The molecule has 178 valence electrons. The highest BCUT2D eigenvalue weighted by molar-refractivity contribution is 6.39. The fourth-order valence-electron chi connectivity index (χ4n) is 3.59. The minimum Gasteiger partial charge on any atom is -0.424 e. The highest BCUT2D eigenvalue weighted by Crippen LogP contribution is 2.29. The molecular formula is C23H22N8O4. The number of anilines is 2. The van der Waals surface area contributed by atoms with Gasteiger partial charge in [-0.1, -0.05) is 12.1 Å². The van der Waals surface area contributed by atoms with Crippen molar-refractivity contribution in [2.45, 2.75) is 0 Å². The third-order valence-corrected chi connectivity index (χ3v) is 5.38. The van der Waals surface area contributed by atoms with E-state index in [1.54, 1.807) is 30.5 Å². The first kappa shape index (κ1) is 22.2. The fourth-order valence-corrected chi connectivity index (χ4v) is 3.59. The summed E-state index contributed by atoms with van der Waals surface area (Å²) in [6.45, 7) is 2.46. The molecule has 1 aliphatic rings. The van der Waals surface area contributed by atoms with E-state index in [4.69, 9.17) is 14.5 Å². The van der Waals surface area contributed by atoms with Crippen LogP contribution >= 0.6 is 0 Å². The number of rotatable bonds is 5. The molecule has 3 N–H and O–H groups in total. The number of amides is 2. The third kappa shape index (κ3) is 4.87. The number of nitrogens with one attached hydrogen (secondary N) is 3. The Kier molecular flexibility index (Phi) is 6.18. The van der Waals surface area contributed by atoms with Crippen molar-refractivity contribution in [1.82, 2.24) is 30.5 Å². The van der Waals surface area contributed by atoms with Gasteiger partial charge in [0, 0.05) is 36.8 Å². The van der Waals surface area contributed by atoms with Crippen LogP contribution in [0.3, 0.4) is 0 Å². The number of hydrogen-bond donors (Lipinski definition) is 3. The summed E-state index contributed by atoms with van der Waals surface area (Å²) in [6.07, 6.45) is 1.73. The molecule has 1 saturated heterocycles. The van der Waals surface area contributed by atoms with Crippen LogP contribution in [0.25, 0.3) is 22.3 Å². The summed E-state index contributed by atoms with van der Waals surface area (Å²) in [7, 11) is 1.39. The van der Waals surface area contributed by atoms with Crippen molar-refractivity contribution in [3.05, 3.63) is 48.7 Å². The minimum absolute atomic E-state index is 0.124. The van der Waals surface area contributed by atoms with E-state index in [1.165, 1.54) is 7.05 Å². The summed E-state index contributed by atoms with van der Waals surface area (Å²) in [4.78, 5) is 39.0. The van der Waals surface area contributed by atoms with Gasteiger partial charge >= 0.3 is 17.8 Å². The van der Waals surface area contributed by atoms with Crippen LogP contribution in [0.15, 0.2) is 48.7 Å². The molecule has 0 bridgehead atoms. The topological polar surface area (TPSA) is 147 Å². The van der Waals surface area contributed by atoms with Crippen molar-refractivity contribution in [2.24, 2.45) is 0 Å². The second-order valence-corrected chi connectivity index (χ2v) is 7.64. The molecule has 2 aromatic carbocycles. The van der Waals surface area contributed by atoms with E-state index in [1.807, 2.05) is 23.1 Å². The van der Waals surface area contributed by atoms with Gasteiger partial charge in [-0.3, -0.25) is 14.7 Å². The van der Waals surface area contributed by atoms with Crippen molar-refractivity contribution in [1.29, 1.82) is 0 Å². The first-order valence-corrected chi connectivity index (χ1v) is 10.9. The largest absolute Gasteiger partial charge is 0.424 e. The van der Waals surface area contributed by atoms with E-state index in [9.17, 15) is 9.59 Å². The first-order valence-electron chi connectivity index (χ1n) is 10.9. The van der Waals surface area contributed by atoms with Gasteiger partial charge in [0.05, 0.1) is 24.9 Å². The zero-order valence-corrected chi connectivity index (χ0v) is 18.8. The van der Waals surface area contributed by atoms with E-state index in [0.29, 0.717) is 49.5 Å². The van der Waals surface area contributed by atoms with Crippen LogP contribution in [0.2, 0.25) is 0 Å². The molecule has 0 radical (unpaired) electrons. The highest BCUT2D eigenvalue weighted by Gasteiger charge is 2.19. The van der Waals surface area contributed by atoms with E-state index >= 15 is 0 Å². The highest BCUT2D eigenvalue weighted by atomic mass is 16.5. The Bertz CT molecular complexity index is 1370. The Morgan fingerprint density at radius 3 is 2.60 bits per heavy atom. The van der Waals surface area contributed by atoms with Crippen LogP contribution in [0.1, 0.15) is 0 Å². The first-order chi connectivity index (χ1) is 17.1. The van der Waals surface area contributed by atoms with Gasteiger partial charge in [0.25, 0.3) is 0 Å². The van der Waals surface area contributed by atoms with Gasteiger partial charge < -0.3 is 25.0 Å². The van der Waals surface area contributed by atoms with Crippen molar-refractivity contribution in [3.8, 4) is 23.1 Å². The number of likely N-dealkylation sites (N-methyl/N-ethyl adjacent to an activating group) is 1. The van der Waals surface area contributed by atoms with Gasteiger partial charge in [0.2, 0.25) is 5.95 Å². The standard InChI is InChI=1S/C23H22N8O4/c1-24-20(32)21(33)26-14-5-7-15(8-6-14)35-23-28-19(16-3-2-4-18-17(16)13-25-30-18)27-22(29-23)31-9-11-34-12-10-31/h2-8,13H,9-12H2,1H3,(H,24,32)(H,25,30)(H,26,33). The second kappa shape index (κ2) is 9.73. The lowest BCUT2D eigenvalue weighted by Gasteiger charge is -2.27. The number of aromatic nitrogens is 5. The molecule has 12 heteroatoms. The molecule has 35 heavy (non-hydrogen) atoms. The van der Waals surface area contributed by atoms with Crippen LogP contribution in [-0.4, -0.2) is 70.3 Å². The van der Waals surface area contributed by atoms with Gasteiger partial charge in [0.1, 0.15) is 5.75 Å². The smallest absolute Gasteiger partial charge is 0.327 e. The number of nitrogens with zero attached hydrogens (tertiary/aromatic N) is 5. The van der Waals surface area contributed by atoms with E-state index in [-0.39, 0.29) is 6.01 Å². The summed E-state index contributed by atoms with van der Waals surface area (Å²) in [5.41, 5.74) is 2.11. The maximum absolute atomic E-state index is 11.8. The summed E-state index contributed by atoms with van der Waals surface area (Å²) in [6, 6.07) is 12.4. The number of morpholine rings is 1. The predicted molar refractivity (Wildman–Crippen MR) is 127 cm³/mol. The number of carbonyl (C=O) groups excluding carboxylic acids is 2. The Hall–Kier alpha value is -4.58. The molecule has 2 amide bonds. The average Bonchev–Trinajstić information content (AvgIpc) is 3.39. The lowest BCUT2D eigenvalue weighted by Crippen LogP contribution is -2.37. The summed E-state index contributed by atoms with van der Waals surface area (Å²) in [5.74, 6) is -0.0890. The molecule has 1 aliphatic heterocycles. The van der Waals surface area contributed by atoms with Crippen LogP contribution < -0.4 is 20.3 Å². The van der Waals surface area contributed by atoms with Gasteiger partial charge in [0.15, 0.2) is 5.82 Å². The monoisotopic (exact) mass is 474 g/mol. The van der Waals surface area contributed by atoms with E-state index in [0.717, 1.165) is 16.5 Å². The van der Waals surface area contributed by atoms with Crippen LogP contribution in [-0.2, 0) is 14.3 Å². The van der Waals surface area contributed by atoms with Crippen LogP contribution in [0.5, 0.6) is 11.8 Å². The zero-order chi connectivity index (χ0) is 24.2. The van der Waals surface area contributed by atoms with Gasteiger partial charge in [-0.05, 0) is 30.3 Å². The minimum atomic E-state index is -0.758. The molecular weight excluding hydrogens is 452 g/mol. The number of ether oxygens (including phenoxy) is 2. The Morgan fingerprint density at radius 1 is 1.03 bits per heavy atom. The van der Waals surface area contributed by atoms with E-state index < -0.39 is 11.8 Å². The maximum atomic E-state index is 11.8. The summed E-state index contributed by atoms with van der Waals surface area (Å²) >= 11 is 0. The average molecular weight is 474 g/mol. The summed E-state index contributed by atoms with van der Waals surface area (Å²) in [5, 5.41) is 12.7. The zero-order valence-electron chi connectivity index (χ0n) is 18.8. The molecule has 0 spiro atoms. The molecule has 0 aliphatic carbocycles. The number of benzene rings is 2. The maximum Gasteiger partial charge on any atom is 0.327 e. The molecule has 4 aromatic rings. The number of H-pyrrole nitrogens is 1. The summed E-state index contributed by atoms with van der Waals surface area (Å²) < 4.78 is 11.4. The van der Waals surface area contributed by atoms with Crippen LogP contribution in [0.4, 0.5) is 11.6 Å². The number of hydrogen-bond acceptors (Lipinski definition) is 9.